The molecule has 0 aromatic carbocycles. The minimum Gasteiger partial charge on any atom is -0.342 e. The summed E-state index contributed by atoms with van der Waals surface area (Å²) in [7, 11) is 0. The first-order chi connectivity index (χ1) is 18.5. The number of hydrogen-bond acceptors (Lipinski definition) is 7. The lowest BCUT2D eigenvalue weighted by Gasteiger charge is -2.29. The summed E-state index contributed by atoms with van der Waals surface area (Å²) in [5, 5.41) is 15.9. The summed E-state index contributed by atoms with van der Waals surface area (Å²) in [6.45, 7) is 3.43. The molecule has 17 heteroatoms. The number of fused-ring (bicyclic) bond motifs is 2. The molecule has 0 bridgehead atoms. The van der Waals surface area contributed by atoms with Gasteiger partial charge in [0.05, 0.1) is 35.6 Å². The van der Waals surface area contributed by atoms with E-state index in [1.807, 2.05) is 5.32 Å². The second-order valence-corrected chi connectivity index (χ2v) is 10.7. The lowest BCUT2D eigenvalue weighted by molar-refractivity contribution is -0.214. The zero-order valence-corrected chi connectivity index (χ0v) is 21.4. The number of alkyl halides is 6. The predicted molar refractivity (Wildman–Crippen MR) is 123 cm³/mol. The molecule has 216 valence electrons. The first-order valence-corrected chi connectivity index (χ1v) is 12.2. The number of aromatic nitrogens is 5. The molecule has 4 heterocycles. The molecule has 2 fully saturated rings. The highest BCUT2D eigenvalue weighted by Gasteiger charge is 2.78. The molecule has 1 saturated carbocycles. The molecule has 3 amide bonds. The molecule has 3 aromatic heterocycles. The fourth-order valence-corrected chi connectivity index (χ4v) is 4.71. The van der Waals surface area contributed by atoms with Gasteiger partial charge >= 0.3 is 18.4 Å². The van der Waals surface area contributed by atoms with Crippen molar-refractivity contribution in [3.05, 3.63) is 41.1 Å². The number of halogens is 6. The average Bonchev–Trinajstić information content (AvgIpc) is 3.11. The van der Waals surface area contributed by atoms with Gasteiger partial charge in [-0.2, -0.15) is 31.4 Å². The van der Waals surface area contributed by atoms with Crippen LogP contribution < -0.4 is 10.6 Å². The Balaban J connectivity index is 1.38. The second-order valence-electron chi connectivity index (χ2n) is 10.7. The number of rotatable bonds is 8. The molecule has 3 atom stereocenters. The molecule has 1 saturated heterocycles. The van der Waals surface area contributed by atoms with Crippen LogP contribution in [0.1, 0.15) is 66.6 Å². The lowest BCUT2D eigenvalue weighted by Crippen LogP contribution is -2.45. The summed E-state index contributed by atoms with van der Waals surface area (Å²) < 4.78 is 86.6. The third-order valence-electron chi connectivity index (χ3n) is 7.50. The fourth-order valence-electron chi connectivity index (χ4n) is 4.71. The van der Waals surface area contributed by atoms with E-state index in [0.29, 0.717) is 5.56 Å². The van der Waals surface area contributed by atoms with Gasteiger partial charge < -0.3 is 15.5 Å². The quantitative estimate of drug-likeness (QED) is 0.391. The normalized spacial score (nSPS) is 21.9. The molecule has 1 aliphatic carbocycles. The summed E-state index contributed by atoms with van der Waals surface area (Å²) in [6.07, 6.45) is -7.03. The number of urea groups is 1. The van der Waals surface area contributed by atoms with Crippen molar-refractivity contribution >= 4 is 17.6 Å². The molecule has 0 spiro atoms. The van der Waals surface area contributed by atoms with Gasteiger partial charge in [0, 0.05) is 13.0 Å². The van der Waals surface area contributed by atoms with E-state index in [0.717, 1.165) is 18.7 Å². The number of hydrogen-bond donors (Lipinski definition) is 2. The Morgan fingerprint density at radius 1 is 1.25 bits per heavy atom. The van der Waals surface area contributed by atoms with Crippen LogP contribution in [0.2, 0.25) is 0 Å². The van der Waals surface area contributed by atoms with E-state index in [1.54, 1.807) is 0 Å². The van der Waals surface area contributed by atoms with Crippen molar-refractivity contribution in [3.63, 3.8) is 0 Å². The standard InChI is InChI=1S/C23H24F6N8O3/c1-11-17(35-40-34-11)18(38)32-13(4-5-20(2,3)22(24,25)26)14-10-37-16(31-14)6-12(8-30-37)9-36-15-7-21(15,23(27,28)29)33-19(36)39/h6,8,10,13,15H,4-5,7,9H2,1-3H3,(H,32,38)(H,33,39)/t13-,15?,21+/m0/s1. The highest BCUT2D eigenvalue weighted by atomic mass is 19.4. The largest absolute Gasteiger partial charge is 0.413 e. The summed E-state index contributed by atoms with van der Waals surface area (Å²) >= 11 is 0. The van der Waals surface area contributed by atoms with Crippen molar-refractivity contribution in [1.29, 1.82) is 0 Å². The van der Waals surface area contributed by atoms with E-state index in [2.05, 4.69) is 30.3 Å². The van der Waals surface area contributed by atoms with E-state index in [9.17, 15) is 35.9 Å². The van der Waals surface area contributed by atoms with Gasteiger partial charge in [-0.05, 0) is 36.6 Å². The molecule has 40 heavy (non-hydrogen) atoms. The lowest BCUT2D eigenvalue weighted by atomic mass is 9.85. The molecule has 1 aliphatic heterocycles. The molecule has 2 N–H and O–H groups in total. The molecule has 3 aromatic rings. The maximum absolute atomic E-state index is 13.5. The van der Waals surface area contributed by atoms with Crippen molar-refractivity contribution in [2.24, 2.45) is 5.41 Å². The van der Waals surface area contributed by atoms with Crippen LogP contribution in [0.25, 0.3) is 5.65 Å². The number of imidazole rings is 1. The van der Waals surface area contributed by atoms with E-state index >= 15 is 0 Å². The number of carbonyl (C=O) groups is 2. The van der Waals surface area contributed by atoms with E-state index in [-0.39, 0.29) is 48.5 Å². The van der Waals surface area contributed by atoms with E-state index in [4.69, 9.17) is 0 Å². The van der Waals surface area contributed by atoms with E-state index < -0.39 is 47.3 Å². The van der Waals surface area contributed by atoms with Gasteiger partial charge in [-0.25, -0.2) is 18.9 Å². The Morgan fingerprint density at radius 2 is 1.98 bits per heavy atom. The number of carbonyl (C=O) groups excluding carboxylic acids is 2. The van der Waals surface area contributed by atoms with Crippen LogP contribution in [0, 0.1) is 12.3 Å². The number of aryl methyl sites for hydroxylation is 1. The van der Waals surface area contributed by atoms with Crippen molar-refractivity contribution in [1.82, 2.24) is 40.4 Å². The van der Waals surface area contributed by atoms with Crippen LogP contribution in [0.3, 0.4) is 0 Å². The van der Waals surface area contributed by atoms with Crippen molar-refractivity contribution < 1.29 is 40.6 Å². The molecule has 5 rings (SSSR count). The van der Waals surface area contributed by atoms with Crippen LogP contribution in [-0.2, 0) is 6.54 Å². The zero-order chi connectivity index (χ0) is 29.3. The minimum absolute atomic E-state index is 0.136. The molecular formula is C23H24F6N8O3. The van der Waals surface area contributed by atoms with Gasteiger partial charge in [0.15, 0.2) is 16.9 Å². The fraction of sp³-hybridized carbons (Fsp3) is 0.565. The zero-order valence-electron chi connectivity index (χ0n) is 21.4. The van der Waals surface area contributed by atoms with Crippen molar-refractivity contribution in [2.75, 3.05) is 0 Å². The monoisotopic (exact) mass is 574 g/mol. The molecule has 11 nitrogen and oxygen atoms in total. The SMILES string of the molecule is Cc1nonc1C(=O)N[C@@H](CCC(C)(C)C(F)(F)F)c1cn2ncc(CN3C(=O)N[C@]4(C(F)(F)F)CC34)cc2n1. The van der Waals surface area contributed by atoms with Gasteiger partial charge in [0.1, 0.15) is 5.69 Å². The van der Waals surface area contributed by atoms with Crippen LogP contribution in [0.5, 0.6) is 0 Å². The smallest absolute Gasteiger partial charge is 0.342 e. The topological polar surface area (TPSA) is 131 Å². The Labute approximate surface area is 222 Å². The molecular weight excluding hydrogens is 550 g/mol. The number of amides is 3. The third kappa shape index (κ3) is 4.70. The van der Waals surface area contributed by atoms with E-state index in [1.165, 1.54) is 29.9 Å². The maximum Gasteiger partial charge on any atom is 0.413 e. The van der Waals surface area contributed by atoms with Crippen LogP contribution in [0.15, 0.2) is 23.1 Å². The minimum atomic E-state index is -4.58. The molecule has 0 radical (unpaired) electrons. The highest BCUT2D eigenvalue weighted by molar-refractivity contribution is 5.93. The predicted octanol–water partition coefficient (Wildman–Crippen LogP) is 3.86. The first-order valence-electron chi connectivity index (χ1n) is 12.2. The van der Waals surface area contributed by atoms with Crippen LogP contribution in [-0.4, -0.2) is 65.7 Å². The number of nitrogens with one attached hydrogen (secondary N) is 2. The summed E-state index contributed by atoms with van der Waals surface area (Å²) in [5.74, 6) is -0.725. The van der Waals surface area contributed by atoms with Crippen LogP contribution in [0.4, 0.5) is 31.1 Å². The van der Waals surface area contributed by atoms with Crippen molar-refractivity contribution in [3.8, 4) is 0 Å². The summed E-state index contributed by atoms with van der Waals surface area (Å²) in [4.78, 5) is 30.5. The van der Waals surface area contributed by atoms with Crippen molar-refractivity contribution in [2.45, 2.75) is 76.6 Å². The molecule has 1 unspecified atom stereocenters. The Kier molecular flexibility index (Phi) is 6.26. The van der Waals surface area contributed by atoms with Gasteiger partial charge in [-0.1, -0.05) is 19.0 Å². The van der Waals surface area contributed by atoms with Gasteiger partial charge in [0.25, 0.3) is 5.91 Å². The Morgan fingerprint density at radius 3 is 2.58 bits per heavy atom. The Hall–Kier alpha value is -3.92. The van der Waals surface area contributed by atoms with Crippen LogP contribution >= 0.6 is 0 Å². The average molecular weight is 574 g/mol. The number of nitrogens with zero attached hydrogens (tertiary/aromatic N) is 6. The van der Waals surface area contributed by atoms with Gasteiger partial charge in [0.2, 0.25) is 0 Å². The van der Waals surface area contributed by atoms with Gasteiger partial charge in [-0.3, -0.25) is 4.79 Å². The first kappa shape index (κ1) is 27.6. The third-order valence-corrected chi connectivity index (χ3v) is 7.50. The maximum atomic E-state index is 13.5. The van der Waals surface area contributed by atoms with Gasteiger partial charge in [-0.15, -0.1) is 0 Å². The highest BCUT2D eigenvalue weighted by Crippen LogP contribution is 2.55. The summed E-state index contributed by atoms with van der Waals surface area (Å²) in [6, 6.07) is -1.36. The summed E-state index contributed by atoms with van der Waals surface area (Å²) in [5.41, 5.74) is -3.44. The second kappa shape index (κ2) is 9.05. The Bertz CT molecular complexity index is 1460. The molecule has 2 aliphatic rings.